The van der Waals surface area contributed by atoms with Crippen LogP contribution in [0, 0.1) is 6.92 Å². The third-order valence-electron chi connectivity index (χ3n) is 3.09. The summed E-state index contributed by atoms with van der Waals surface area (Å²) in [5.74, 6) is 0.148. The highest BCUT2D eigenvalue weighted by atomic mass is 32.2. The van der Waals surface area contributed by atoms with Crippen LogP contribution in [-0.4, -0.2) is 43.2 Å². The Labute approximate surface area is 112 Å². The summed E-state index contributed by atoms with van der Waals surface area (Å²) in [7, 11) is -5.49. The standard InChI is InChI=1S/C11H16BNO5S/c1-9-4-5-10(8-11(9)18-12(14)15)19(16,17)13-6-2-3-7-13/h4-5,8,14-15H,2-3,6-7H2,1H3. The van der Waals surface area contributed by atoms with Crippen molar-refractivity contribution in [1.82, 2.24) is 4.31 Å². The van der Waals surface area contributed by atoms with Crippen LogP contribution in [-0.2, 0) is 10.0 Å². The van der Waals surface area contributed by atoms with E-state index in [2.05, 4.69) is 0 Å². The van der Waals surface area contributed by atoms with Gasteiger partial charge in [0, 0.05) is 13.1 Å². The quantitative estimate of drug-likeness (QED) is 0.768. The second kappa shape index (κ2) is 5.50. The van der Waals surface area contributed by atoms with Gasteiger partial charge in [-0.1, -0.05) is 6.07 Å². The molecular weight excluding hydrogens is 269 g/mol. The van der Waals surface area contributed by atoms with Crippen molar-refractivity contribution in [2.24, 2.45) is 0 Å². The topological polar surface area (TPSA) is 87.1 Å². The first-order valence-electron chi connectivity index (χ1n) is 6.05. The fraction of sp³-hybridized carbons (Fsp3) is 0.455. The van der Waals surface area contributed by atoms with Gasteiger partial charge >= 0.3 is 7.32 Å². The SMILES string of the molecule is Cc1ccc(S(=O)(=O)N2CCCC2)cc1OB(O)O. The van der Waals surface area contributed by atoms with E-state index < -0.39 is 17.3 Å². The predicted octanol–water partition coefficient (Wildman–Crippen LogP) is 0.128. The van der Waals surface area contributed by atoms with E-state index in [0.29, 0.717) is 18.7 Å². The van der Waals surface area contributed by atoms with Crippen molar-refractivity contribution in [2.45, 2.75) is 24.7 Å². The zero-order valence-corrected chi connectivity index (χ0v) is 11.4. The Bertz CT molecular complexity index is 554. The number of nitrogens with zero attached hydrogens (tertiary/aromatic N) is 1. The molecule has 0 amide bonds. The Morgan fingerprint density at radius 1 is 1.26 bits per heavy atom. The van der Waals surface area contributed by atoms with E-state index in [1.807, 2.05) is 0 Å². The van der Waals surface area contributed by atoms with Crippen LogP contribution in [0.3, 0.4) is 0 Å². The normalized spacial score (nSPS) is 16.6. The Morgan fingerprint density at radius 3 is 2.47 bits per heavy atom. The highest BCUT2D eigenvalue weighted by molar-refractivity contribution is 7.89. The molecule has 0 atom stereocenters. The molecule has 1 aliphatic heterocycles. The zero-order chi connectivity index (χ0) is 14.0. The highest BCUT2D eigenvalue weighted by Crippen LogP contribution is 2.26. The molecule has 1 saturated heterocycles. The highest BCUT2D eigenvalue weighted by Gasteiger charge is 2.28. The molecule has 1 aromatic carbocycles. The van der Waals surface area contributed by atoms with Crippen LogP contribution >= 0.6 is 0 Å². The average Bonchev–Trinajstić information content (AvgIpc) is 2.85. The largest absolute Gasteiger partial charge is 0.707 e. The minimum absolute atomic E-state index is 0.107. The van der Waals surface area contributed by atoms with Crippen LogP contribution in [0.25, 0.3) is 0 Å². The lowest BCUT2D eigenvalue weighted by Gasteiger charge is -2.17. The van der Waals surface area contributed by atoms with Crippen molar-refractivity contribution in [1.29, 1.82) is 0 Å². The van der Waals surface area contributed by atoms with E-state index in [1.165, 1.54) is 16.4 Å². The minimum atomic E-state index is -3.52. The van der Waals surface area contributed by atoms with Gasteiger partial charge in [-0.05, 0) is 37.5 Å². The van der Waals surface area contributed by atoms with Crippen LogP contribution in [0.2, 0.25) is 0 Å². The summed E-state index contributed by atoms with van der Waals surface area (Å²) in [6, 6.07) is 4.41. The molecule has 2 rings (SSSR count). The van der Waals surface area contributed by atoms with Crippen molar-refractivity contribution >= 4 is 17.3 Å². The van der Waals surface area contributed by atoms with Gasteiger partial charge in [0.25, 0.3) is 0 Å². The average molecular weight is 285 g/mol. The van der Waals surface area contributed by atoms with Crippen molar-refractivity contribution in [3.8, 4) is 5.75 Å². The van der Waals surface area contributed by atoms with E-state index in [4.69, 9.17) is 14.7 Å². The van der Waals surface area contributed by atoms with Crippen LogP contribution in [0.4, 0.5) is 0 Å². The van der Waals surface area contributed by atoms with Gasteiger partial charge in [-0.25, -0.2) is 8.42 Å². The maximum absolute atomic E-state index is 12.3. The van der Waals surface area contributed by atoms with Gasteiger partial charge in [-0.2, -0.15) is 4.31 Å². The fourth-order valence-electron chi connectivity index (χ4n) is 2.06. The van der Waals surface area contributed by atoms with E-state index in [-0.39, 0.29) is 10.6 Å². The molecule has 0 aliphatic carbocycles. The third kappa shape index (κ3) is 3.09. The molecule has 0 bridgehead atoms. The van der Waals surface area contributed by atoms with Gasteiger partial charge < -0.3 is 14.7 Å². The fourth-order valence-corrected chi connectivity index (χ4v) is 3.59. The lowest BCUT2D eigenvalue weighted by atomic mass is 10.2. The summed E-state index contributed by atoms with van der Waals surface area (Å²) in [5.41, 5.74) is 0.633. The molecule has 0 aromatic heterocycles. The van der Waals surface area contributed by atoms with Crippen LogP contribution in [0.15, 0.2) is 23.1 Å². The summed E-state index contributed by atoms with van der Waals surface area (Å²) in [5, 5.41) is 17.6. The van der Waals surface area contributed by atoms with Gasteiger partial charge in [0.1, 0.15) is 5.75 Å². The number of aryl methyl sites for hydroxylation is 1. The number of benzene rings is 1. The Kier molecular flexibility index (Phi) is 4.15. The molecule has 1 heterocycles. The van der Waals surface area contributed by atoms with E-state index in [0.717, 1.165) is 12.8 Å². The molecule has 0 unspecified atom stereocenters. The molecule has 0 radical (unpaired) electrons. The molecule has 1 fully saturated rings. The van der Waals surface area contributed by atoms with Gasteiger partial charge in [0.05, 0.1) is 4.90 Å². The minimum Gasteiger partial charge on any atom is -0.512 e. The van der Waals surface area contributed by atoms with Crippen LogP contribution in [0.5, 0.6) is 5.75 Å². The summed E-state index contributed by atoms with van der Waals surface area (Å²) < 4.78 is 30.9. The number of sulfonamides is 1. The summed E-state index contributed by atoms with van der Waals surface area (Å²) in [4.78, 5) is 0.107. The Hall–Kier alpha value is -1.09. The second-order valence-corrected chi connectivity index (χ2v) is 6.42. The second-order valence-electron chi connectivity index (χ2n) is 4.48. The van der Waals surface area contributed by atoms with Crippen molar-refractivity contribution in [3.05, 3.63) is 23.8 Å². The summed E-state index contributed by atoms with van der Waals surface area (Å²) in [6.07, 6.45) is 1.73. The number of hydrogen-bond donors (Lipinski definition) is 2. The van der Waals surface area contributed by atoms with Gasteiger partial charge in [0.2, 0.25) is 10.0 Å². The Balaban J connectivity index is 2.34. The van der Waals surface area contributed by atoms with Crippen molar-refractivity contribution < 1.29 is 23.1 Å². The number of hydrogen-bond acceptors (Lipinski definition) is 5. The Morgan fingerprint density at radius 2 is 1.89 bits per heavy atom. The zero-order valence-electron chi connectivity index (χ0n) is 10.6. The first-order chi connectivity index (χ1) is 8.91. The molecule has 0 saturated carbocycles. The monoisotopic (exact) mass is 285 g/mol. The molecule has 1 aromatic rings. The maximum Gasteiger partial charge on any atom is 0.707 e. The van der Waals surface area contributed by atoms with Crippen molar-refractivity contribution in [3.63, 3.8) is 0 Å². The van der Waals surface area contributed by atoms with Gasteiger partial charge in [0.15, 0.2) is 0 Å². The lowest BCUT2D eigenvalue weighted by Crippen LogP contribution is -2.28. The third-order valence-corrected chi connectivity index (χ3v) is 4.99. The van der Waals surface area contributed by atoms with Gasteiger partial charge in [-0.15, -0.1) is 0 Å². The van der Waals surface area contributed by atoms with Crippen LogP contribution in [0.1, 0.15) is 18.4 Å². The molecule has 6 nitrogen and oxygen atoms in total. The molecule has 2 N–H and O–H groups in total. The molecule has 19 heavy (non-hydrogen) atoms. The first-order valence-corrected chi connectivity index (χ1v) is 7.49. The lowest BCUT2D eigenvalue weighted by molar-refractivity contribution is 0.287. The summed E-state index contributed by atoms with van der Waals surface area (Å²) in [6.45, 7) is 2.74. The smallest absolute Gasteiger partial charge is 0.512 e. The van der Waals surface area contributed by atoms with E-state index in [1.54, 1.807) is 13.0 Å². The number of rotatable bonds is 4. The van der Waals surface area contributed by atoms with Crippen LogP contribution < -0.4 is 4.65 Å². The molecular formula is C11H16BNO5S. The van der Waals surface area contributed by atoms with Gasteiger partial charge in [-0.3, -0.25) is 0 Å². The molecule has 0 spiro atoms. The maximum atomic E-state index is 12.3. The van der Waals surface area contributed by atoms with E-state index >= 15 is 0 Å². The molecule has 8 heteroatoms. The predicted molar refractivity (Wildman–Crippen MR) is 70.0 cm³/mol. The summed E-state index contributed by atoms with van der Waals surface area (Å²) >= 11 is 0. The van der Waals surface area contributed by atoms with Crippen molar-refractivity contribution in [2.75, 3.05) is 13.1 Å². The van der Waals surface area contributed by atoms with E-state index in [9.17, 15) is 8.42 Å². The molecule has 1 aliphatic rings. The molecule has 104 valence electrons. The first kappa shape index (κ1) is 14.3.